The molecule has 2 aliphatic heterocycles. The average Bonchev–Trinajstić information content (AvgIpc) is 3.36. The normalized spacial score (nSPS) is 18.9. The summed E-state index contributed by atoms with van der Waals surface area (Å²) < 4.78 is 5.72. The first-order valence-electron chi connectivity index (χ1n) is 12.2. The Morgan fingerprint density at radius 3 is 2.59 bits per heavy atom. The molecule has 0 saturated carbocycles. The maximum absolute atomic E-state index is 13.2. The molecule has 2 unspecified atom stereocenters. The van der Waals surface area contributed by atoms with Crippen molar-refractivity contribution in [3.8, 4) is 0 Å². The molecule has 0 bridgehead atoms. The van der Waals surface area contributed by atoms with Gasteiger partial charge >= 0.3 is 11.9 Å². The zero-order valence-corrected chi connectivity index (χ0v) is 23.6. The summed E-state index contributed by atoms with van der Waals surface area (Å²) in [5, 5.41) is 27.9. The lowest BCUT2D eigenvalue weighted by molar-refractivity contribution is -0.688. The number of hydrogen-bond donors (Lipinski definition) is 6. The number of nitrogen functional groups attached to an aromatic ring is 1. The molecule has 2 aliphatic rings. The van der Waals surface area contributed by atoms with Gasteiger partial charge in [-0.05, 0) is 13.8 Å². The van der Waals surface area contributed by atoms with Gasteiger partial charge in [0.2, 0.25) is 17.1 Å². The van der Waals surface area contributed by atoms with Crippen LogP contribution in [0.2, 0.25) is 0 Å². The van der Waals surface area contributed by atoms with Crippen molar-refractivity contribution >= 4 is 63.6 Å². The minimum atomic E-state index is -1.79. The summed E-state index contributed by atoms with van der Waals surface area (Å²) in [6, 6.07) is 2.58. The second-order valence-corrected chi connectivity index (χ2v) is 11.3. The van der Waals surface area contributed by atoms with Crippen LogP contribution in [0.25, 0.3) is 0 Å². The number of hydrogen-bond acceptors (Lipinski definition) is 13. The lowest BCUT2D eigenvalue weighted by atomic mass is 10.0. The van der Waals surface area contributed by atoms with E-state index < -0.39 is 46.5 Å². The second-order valence-electron chi connectivity index (χ2n) is 9.40. The second kappa shape index (κ2) is 12.1. The Hall–Kier alpha value is -4.29. The van der Waals surface area contributed by atoms with Crippen molar-refractivity contribution in [2.24, 2.45) is 10.9 Å². The van der Waals surface area contributed by atoms with Gasteiger partial charge in [-0.2, -0.15) is 9.36 Å². The number of aromatic nitrogens is 3. The maximum Gasteiger partial charge on any atom is 0.352 e. The number of oxime groups is 1. The molecular weight excluding hydrogens is 578 g/mol. The molecule has 2 amide bonds. The van der Waals surface area contributed by atoms with Crippen molar-refractivity contribution in [1.82, 2.24) is 19.6 Å². The van der Waals surface area contributed by atoms with E-state index in [9.17, 15) is 29.4 Å². The molecular formula is C23H28N9O7S2+. The van der Waals surface area contributed by atoms with E-state index in [1.807, 2.05) is 12.1 Å². The van der Waals surface area contributed by atoms with Crippen LogP contribution in [0.3, 0.4) is 0 Å². The first kappa shape index (κ1) is 29.7. The molecule has 0 radical (unpaired) electrons. The average molecular weight is 607 g/mol. The summed E-state index contributed by atoms with van der Waals surface area (Å²) in [5.41, 5.74) is 10.1. The van der Waals surface area contributed by atoms with Crippen LogP contribution in [0.5, 0.6) is 0 Å². The first-order chi connectivity index (χ1) is 19.4. The highest BCUT2D eigenvalue weighted by molar-refractivity contribution is 8.00. The minimum Gasteiger partial charge on any atom is -0.478 e. The van der Waals surface area contributed by atoms with E-state index in [1.165, 1.54) is 25.6 Å². The molecule has 2 atom stereocenters. The van der Waals surface area contributed by atoms with Gasteiger partial charge in [0.25, 0.3) is 11.8 Å². The number of fused-ring (bicyclic) bond motifs is 1. The number of pyridine rings is 1. The number of amides is 2. The minimum absolute atomic E-state index is 0.0230. The number of nitrogens with zero attached hydrogens (tertiary/aromatic N) is 5. The summed E-state index contributed by atoms with van der Waals surface area (Å²) in [4.78, 5) is 60.1. The Bertz CT molecular complexity index is 1420. The van der Waals surface area contributed by atoms with Crippen LogP contribution < -0.4 is 26.7 Å². The fourth-order valence-electron chi connectivity index (χ4n) is 3.85. The Labute approximate surface area is 241 Å². The van der Waals surface area contributed by atoms with Gasteiger partial charge in [0.15, 0.2) is 24.1 Å². The van der Waals surface area contributed by atoms with E-state index in [-0.39, 0.29) is 23.2 Å². The van der Waals surface area contributed by atoms with Gasteiger partial charge in [-0.25, -0.2) is 14.2 Å². The number of nitrogens with two attached hydrogens (primary N) is 2. The molecule has 0 aliphatic carbocycles. The smallest absolute Gasteiger partial charge is 0.352 e. The number of carbonyl (C=O) groups is 4. The van der Waals surface area contributed by atoms with E-state index in [4.69, 9.17) is 16.3 Å². The lowest BCUT2D eigenvalue weighted by Crippen LogP contribution is -2.71. The van der Waals surface area contributed by atoms with Crippen LogP contribution >= 0.6 is 23.3 Å². The van der Waals surface area contributed by atoms with Crippen molar-refractivity contribution < 1.29 is 38.8 Å². The summed E-state index contributed by atoms with van der Waals surface area (Å²) in [5.74, 6) is -4.08. The van der Waals surface area contributed by atoms with Crippen molar-refractivity contribution in [3.05, 3.63) is 41.6 Å². The quantitative estimate of drug-likeness (QED) is 0.0721. The van der Waals surface area contributed by atoms with Crippen LogP contribution in [-0.2, 0) is 30.6 Å². The van der Waals surface area contributed by atoms with Crippen molar-refractivity contribution in [2.75, 3.05) is 29.9 Å². The Kier molecular flexibility index (Phi) is 8.74. The number of β-lactam (4-membered cyclic amide) rings is 1. The lowest BCUT2D eigenvalue weighted by Gasteiger charge is -2.49. The number of aliphatic carboxylic acids is 2. The molecule has 218 valence electrons. The Morgan fingerprint density at radius 2 is 2.00 bits per heavy atom. The molecule has 4 rings (SSSR count). The maximum atomic E-state index is 13.2. The Balaban J connectivity index is 1.51. The van der Waals surface area contributed by atoms with Gasteiger partial charge in [-0.3, -0.25) is 14.5 Å². The van der Waals surface area contributed by atoms with E-state index in [2.05, 4.69) is 25.1 Å². The summed E-state index contributed by atoms with van der Waals surface area (Å²) in [6.07, 6.45) is 3.58. The van der Waals surface area contributed by atoms with E-state index in [1.54, 1.807) is 17.0 Å². The van der Waals surface area contributed by atoms with Gasteiger partial charge in [-0.1, -0.05) is 5.16 Å². The third-order valence-electron chi connectivity index (χ3n) is 6.02. The number of anilines is 2. The third kappa shape index (κ3) is 6.39. The van der Waals surface area contributed by atoms with Crippen molar-refractivity contribution in [3.63, 3.8) is 0 Å². The predicted molar refractivity (Wildman–Crippen MR) is 148 cm³/mol. The number of carbonyl (C=O) groups excluding carboxylic acids is 2. The molecule has 4 heterocycles. The first-order valence-corrected chi connectivity index (χ1v) is 14.0. The molecule has 41 heavy (non-hydrogen) atoms. The highest BCUT2D eigenvalue weighted by atomic mass is 32.2. The van der Waals surface area contributed by atoms with Gasteiger partial charge in [-0.15, -0.1) is 11.8 Å². The molecule has 0 spiro atoms. The summed E-state index contributed by atoms with van der Waals surface area (Å²) in [6.45, 7) is 3.79. The molecule has 2 aromatic heterocycles. The number of rotatable bonds is 12. The molecule has 0 aromatic carbocycles. The van der Waals surface area contributed by atoms with Gasteiger partial charge in [0, 0.05) is 53.8 Å². The Morgan fingerprint density at radius 1 is 1.29 bits per heavy atom. The SMILES string of the molecule is CC(C)(ON=C(C(=O)NC1C(=O)N2C(C(=O)O)=C(C[n+]3ccc(NCCN)cc3)CSC12)c1nsc(N)n1)C(=O)O. The van der Waals surface area contributed by atoms with E-state index >= 15 is 0 Å². The number of carboxylic acids is 2. The number of nitrogens with one attached hydrogen (secondary N) is 2. The number of carboxylic acid groups (broad SMARTS) is 2. The third-order valence-corrected chi connectivity index (χ3v) is 7.91. The van der Waals surface area contributed by atoms with Crippen LogP contribution in [0.1, 0.15) is 19.7 Å². The molecule has 1 saturated heterocycles. The molecule has 1 fully saturated rings. The molecule has 8 N–H and O–H groups in total. The number of thioether (sulfide) groups is 1. The van der Waals surface area contributed by atoms with Crippen molar-refractivity contribution in [1.29, 1.82) is 0 Å². The molecule has 18 heteroatoms. The summed E-state index contributed by atoms with van der Waals surface area (Å²) >= 11 is 2.07. The highest BCUT2D eigenvalue weighted by Crippen LogP contribution is 2.40. The van der Waals surface area contributed by atoms with Gasteiger partial charge in [0.05, 0.1) is 0 Å². The highest BCUT2D eigenvalue weighted by Gasteiger charge is 2.55. The topological polar surface area (TPSA) is 239 Å². The fraction of sp³-hybridized carbons (Fsp3) is 0.391. The van der Waals surface area contributed by atoms with Crippen LogP contribution in [0.15, 0.2) is 41.0 Å². The molecule has 2 aromatic rings. The van der Waals surface area contributed by atoms with Gasteiger partial charge in [0.1, 0.15) is 17.1 Å². The van der Waals surface area contributed by atoms with Crippen LogP contribution in [0, 0.1) is 0 Å². The molecule has 16 nitrogen and oxygen atoms in total. The monoisotopic (exact) mass is 606 g/mol. The van der Waals surface area contributed by atoms with Crippen molar-refractivity contribution in [2.45, 2.75) is 37.4 Å². The zero-order valence-electron chi connectivity index (χ0n) is 21.9. The summed E-state index contributed by atoms with van der Waals surface area (Å²) in [7, 11) is 0. The van der Waals surface area contributed by atoms with Crippen LogP contribution in [0.4, 0.5) is 10.8 Å². The predicted octanol–water partition coefficient (Wildman–Crippen LogP) is -1.20. The van der Waals surface area contributed by atoms with Gasteiger partial charge < -0.3 is 37.2 Å². The largest absolute Gasteiger partial charge is 0.478 e. The standard InChI is InChI=1S/C23H27N9O7S2/c1-23(2,21(37)38)39-29-13(16-28-22(25)41-30-16)17(33)27-14-18(34)32-15(20(35)36)11(10-40-19(14)32)9-31-7-3-12(4-8-31)26-6-5-24/h3-4,7-8,14,19H,5-6,9-10,24H2,1-2H3,(H5,25,27,28,30,33,35,36,37,38)/p+1. The van der Waals surface area contributed by atoms with E-state index in [0.29, 0.717) is 24.4 Å². The van der Waals surface area contributed by atoms with E-state index in [0.717, 1.165) is 22.1 Å². The van der Waals surface area contributed by atoms with Crippen LogP contribution in [-0.4, -0.2) is 89.8 Å². The zero-order chi connectivity index (χ0) is 29.9. The fourth-order valence-corrected chi connectivity index (χ4v) is 5.62.